The maximum absolute atomic E-state index is 13.4. The number of Topliss-reactive ketones (excluding diaryl/α,β-unsaturated/α-hetero) is 1. The monoisotopic (exact) mass is 687 g/mol. The molecular weight excluding hydrogens is 649 g/mol. The van der Waals surface area contributed by atoms with E-state index in [0.29, 0.717) is 18.6 Å². The fourth-order valence-electron chi connectivity index (χ4n) is 4.31. The molecule has 47 heavy (non-hydrogen) atoms. The summed E-state index contributed by atoms with van der Waals surface area (Å²) in [5.41, 5.74) is 4.00. The van der Waals surface area contributed by atoms with E-state index in [1.165, 1.54) is 0 Å². The maximum Gasteiger partial charge on any atom is 0.330 e. The van der Waals surface area contributed by atoms with Gasteiger partial charge in [-0.05, 0) is 30.9 Å². The zero-order valence-corrected chi connectivity index (χ0v) is 26.6. The molecule has 5 atom stereocenters. The van der Waals surface area contributed by atoms with Crippen molar-refractivity contribution in [3.8, 4) is 0 Å². The van der Waals surface area contributed by atoms with Crippen molar-refractivity contribution in [2.75, 3.05) is 6.16 Å². The summed E-state index contributed by atoms with van der Waals surface area (Å²) in [6, 6.07) is -6.63. The average molecular weight is 688 g/mol. The van der Waals surface area contributed by atoms with E-state index in [9.17, 15) is 62.6 Å². The largest absolute Gasteiger partial charge is 0.481 e. The van der Waals surface area contributed by atoms with Crippen LogP contribution in [0.3, 0.4) is 0 Å². The van der Waals surface area contributed by atoms with E-state index in [0.717, 1.165) is 6.92 Å². The van der Waals surface area contributed by atoms with E-state index in [-0.39, 0.29) is 0 Å². The van der Waals surface area contributed by atoms with Crippen LogP contribution in [0.2, 0.25) is 0 Å². The van der Waals surface area contributed by atoms with E-state index < -0.39 is 134 Å². The molecule has 5 unspecified atom stereocenters. The average Bonchev–Trinajstić information content (AvgIpc) is 2.94. The molecule has 0 aromatic carbocycles. The molecule has 10 N–H and O–H groups in total. The molecule has 0 spiro atoms. The number of allylic oxidation sites excluding steroid dienone is 3. The topological polar surface area (TPSA) is 326 Å². The molecule has 1 aliphatic carbocycles. The summed E-state index contributed by atoms with van der Waals surface area (Å²) < 4.78 is 11.5. The minimum absolute atomic E-state index is 0.403. The Morgan fingerprint density at radius 3 is 1.74 bits per heavy atom. The van der Waals surface area contributed by atoms with Crippen molar-refractivity contribution in [1.29, 1.82) is 0 Å². The lowest BCUT2D eigenvalue weighted by molar-refractivity contribution is -0.140. The van der Waals surface area contributed by atoms with Crippen molar-refractivity contribution in [1.82, 2.24) is 21.3 Å². The van der Waals surface area contributed by atoms with Gasteiger partial charge in [-0.3, -0.25) is 47.7 Å². The molecule has 20 heteroatoms. The van der Waals surface area contributed by atoms with E-state index >= 15 is 0 Å². The standard InChI is InChI=1S/C27H38N5O14P/c1-4-12(2)21(24(28)40)32-26(42)18(6-8-20(37)38)30-25(41)17(5-7-19(35)36)31-27(43)22(29-13(3)33)16-10-15(34)9-14(23(16)39)11-47(44,45)46/h9-10,12,17-18,21-22H,4-8,11H2,1-3H3,(H2,28,40)(H,29,33)(H,30,41)(H,31,43)(H,32,42)(H,35,36)(H,37,38)(H2,44,45,46). The minimum atomic E-state index is -4.88. The number of hydrogen-bond donors (Lipinski definition) is 9. The van der Waals surface area contributed by atoms with Gasteiger partial charge in [0.2, 0.25) is 29.5 Å². The molecule has 0 aromatic heterocycles. The Morgan fingerprint density at radius 1 is 0.830 bits per heavy atom. The van der Waals surface area contributed by atoms with Crippen LogP contribution in [0.25, 0.3) is 0 Å². The maximum atomic E-state index is 13.4. The van der Waals surface area contributed by atoms with E-state index in [4.69, 9.17) is 10.8 Å². The first kappa shape index (κ1) is 40.3. The highest BCUT2D eigenvalue weighted by molar-refractivity contribution is 7.52. The van der Waals surface area contributed by atoms with Crippen LogP contribution in [0.5, 0.6) is 0 Å². The van der Waals surface area contributed by atoms with Crippen molar-refractivity contribution in [2.45, 2.75) is 77.0 Å². The van der Waals surface area contributed by atoms with Crippen molar-refractivity contribution >= 4 is 60.6 Å². The quantitative estimate of drug-likeness (QED) is 0.0496. The van der Waals surface area contributed by atoms with Crippen molar-refractivity contribution in [3.63, 3.8) is 0 Å². The predicted molar refractivity (Wildman–Crippen MR) is 159 cm³/mol. The van der Waals surface area contributed by atoms with E-state index in [1.54, 1.807) is 13.8 Å². The molecule has 1 aliphatic rings. The summed E-state index contributed by atoms with van der Waals surface area (Å²) in [7, 11) is -4.88. The molecular formula is C27H38N5O14P. The number of primary amides is 1. The van der Waals surface area contributed by atoms with Crippen LogP contribution in [-0.4, -0.2) is 103 Å². The van der Waals surface area contributed by atoms with Gasteiger partial charge in [-0.25, -0.2) is 0 Å². The molecule has 0 saturated carbocycles. The first-order chi connectivity index (χ1) is 21.7. The second-order valence-electron chi connectivity index (χ2n) is 10.7. The molecule has 260 valence electrons. The number of amides is 5. The van der Waals surface area contributed by atoms with Crippen LogP contribution in [-0.2, 0) is 47.7 Å². The van der Waals surface area contributed by atoms with Gasteiger partial charge in [0.25, 0.3) is 0 Å². The molecule has 19 nitrogen and oxygen atoms in total. The van der Waals surface area contributed by atoms with Gasteiger partial charge in [-0.15, -0.1) is 0 Å². The van der Waals surface area contributed by atoms with Crippen LogP contribution in [0, 0.1) is 5.92 Å². The summed E-state index contributed by atoms with van der Waals surface area (Å²) >= 11 is 0. The first-order valence-electron chi connectivity index (χ1n) is 14.1. The van der Waals surface area contributed by atoms with E-state index in [1.807, 2.05) is 0 Å². The molecule has 0 heterocycles. The number of rotatable bonds is 19. The summed E-state index contributed by atoms with van der Waals surface area (Å²) in [5.74, 6) is -10.7. The lowest BCUT2D eigenvalue weighted by Crippen LogP contribution is -2.59. The van der Waals surface area contributed by atoms with Crippen LogP contribution >= 0.6 is 7.60 Å². The molecule has 1 rings (SSSR count). The Morgan fingerprint density at radius 2 is 1.32 bits per heavy atom. The molecule has 0 aliphatic heterocycles. The van der Waals surface area contributed by atoms with Gasteiger partial charge >= 0.3 is 19.5 Å². The van der Waals surface area contributed by atoms with Gasteiger partial charge < -0.3 is 47.0 Å². The Labute approximate surface area is 267 Å². The number of nitrogens with two attached hydrogens (primary N) is 1. The number of ketones is 2. The predicted octanol–water partition coefficient (Wildman–Crippen LogP) is -2.61. The van der Waals surface area contributed by atoms with Gasteiger partial charge in [-0.1, -0.05) is 20.3 Å². The van der Waals surface area contributed by atoms with Crippen molar-refractivity contribution in [3.05, 3.63) is 23.3 Å². The van der Waals surface area contributed by atoms with Crippen molar-refractivity contribution < 1.29 is 67.7 Å². The van der Waals surface area contributed by atoms with Crippen molar-refractivity contribution in [2.24, 2.45) is 11.7 Å². The summed E-state index contributed by atoms with van der Waals surface area (Å²) in [5, 5.41) is 27.2. The van der Waals surface area contributed by atoms with Gasteiger partial charge in [0.1, 0.15) is 24.2 Å². The third-order valence-corrected chi connectivity index (χ3v) is 7.59. The Balaban J connectivity index is 3.42. The van der Waals surface area contributed by atoms with Gasteiger partial charge in [0.15, 0.2) is 11.6 Å². The third-order valence-electron chi connectivity index (χ3n) is 6.84. The number of carbonyl (C=O) groups excluding carboxylic acids is 7. The smallest absolute Gasteiger partial charge is 0.330 e. The second-order valence-corrected chi connectivity index (χ2v) is 12.4. The van der Waals surface area contributed by atoms with Crippen LogP contribution in [0.15, 0.2) is 23.3 Å². The fraction of sp³-hybridized carbons (Fsp3) is 0.519. The number of carbonyl (C=O) groups is 9. The second kappa shape index (κ2) is 17.8. The highest BCUT2D eigenvalue weighted by Crippen LogP contribution is 2.38. The Bertz CT molecular complexity index is 1420. The van der Waals surface area contributed by atoms with Crippen LogP contribution < -0.4 is 27.0 Å². The molecule has 0 fully saturated rings. The highest BCUT2D eigenvalue weighted by atomic mass is 31.2. The number of carboxylic acid groups (broad SMARTS) is 2. The summed E-state index contributed by atoms with van der Waals surface area (Å²) in [6.45, 7) is 4.25. The fourth-order valence-corrected chi connectivity index (χ4v) is 4.99. The lowest BCUT2D eigenvalue weighted by atomic mass is 9.90. The SMILES string of the molecule is CCC(C)C(NC(=O)C(CCC(=O)O)NC(=O)C(CCC(=O)O)NC(=O)C(NC(C)=O)C1=CC(=O)C=C(CP(=O)(O)O)C1=O)C(N)=O. The summed E-state index contributed by atoms with van der Waals surface area (Å²) in [4.78, 5) is 130. The number of hydrogen-bond acceptors (Lipinski definition) is 10. The number of aliphatic carboxylic acids is 2. The summed E-state index contributed by atoms with van der Waals surface area (Å²) in [6.07, 6.45) is -2.00. The molecule has 0 bridgehead atoms. The third kappa shape index (κ3) is 13.6. The molecule has 0 radical (unpaired) electrons. The zero-order valence-electron chi connectivity index (χ0n) is 25.7. The highest BCUT2D eigenvalue weighted by Gasteiger charge is 2.37. The molecule has 0 aromatic rings. The van der Waals surface area contributed by atoms with Gasteiger partial charge in [-0.2, -0.15) is 0 Å². The van der Waals surface area contributed by atoms with Crippen LogP contribution in [0.1, 0.15) is 52.9 Å². The Hall–Kier alpha value is -4.74. The van der Waals surface area contributed by atoms with Gasteiger partial charge in [0, 0.05) is 30.9 Å². The zero-order chi connectivity index (χ0) is 36.2. The number of carboxylic acids is 2. The normalized spacial score (nSPS) is 16.3. The van der Waals surface area contributed by atoms with Crippen LogP contribution in [0.4, 0.5) is 0 Å². The molecule has 0 saturated heterocycles. The first-order valence-corrected chi connectivity index (χ1v) is 15.9. The number of nitrogens with one attached hydrogen (secondary N) is 4. The van der Waals surface area contributed by atoms with Gasteiger partial charge in [0.05, 0.1) is 6.16 Å². The Kier molecular flexibility index (Phi) is 15.3. The molecule has 5 amide bonds. The van der Waals surface area contributed by atoms with E-state index in [2.05, 4.69) is 21.3 Å². The lowest BCUT2D eigenvalue weighted by Gasteiger charge is -2.27. The minimum Gasteiger partial charge on any atom is -0.481 e.